The first-order valence-electron chi connectivity index (χ1n) is 8.43. The van der Waals surface area contributed by atoms with E-state index in [1.54, 1.807) is 0 Å². The van der Waals surface area contributed by atoms with Gasteiger partial charge in [-0.15, -0.1) is 0 Å². The van der Waals surface area contributed by atoms with Gasteiger partial charge in [-0.05, 0) is 56.5 Å². The Morgan fingerprint density at radius 3 is 2.52 bits per heavy atom. The number of likely N-dealkylation sites (tertiary alicyclic amines) is 1. The van der Waals surface area contributed by atoms with Crippen molar-refractivity contribution in [3.63, 3.8) is 0 Å². The third-order valence-corrected chi connectivity index (χ3v) is 4.16. The molecule has 1 atom stereocenters. The molecular formula is C18H29NO2. The summed E-state index contributed by atoms with van der Waals surface area (Å²) in [6.07, 6.45) is 6.64. The normalized spacial score (nSPS) is 17.6. The van der Waals surface area contributed by atoms with Crippen LogP contribution in [0.1, 0.15) is 57.1 Å². The van der Waals surface area contributed by atoms with Crippen LogP contribution in [0, 0.1) is 0 Å². The molecule has 1 aromatic rings. The molecule has 21 heavy (non-hydrogen) atoms. The zero-order chi connectivity index (χ0) is 14.9. The second-order valence-corrected chi connectivity index (χ2v) is 5.98. The van der Waals surface area contributed by atoms with E-state index in [4.69, 9.17) is 4.74 Å². The predicted octanol–water partition coefficient (Wildman–Crippen LogP) is 3.77. The fourth-order valence-electron chi connectivity index (χ4n) is 2.89. The van der Waals surface area contributed by atoms with Gasteiger partial charge in [0.1, 0.15) is 5.75 Å². The van der Waals surface area contributed by atoms with Crippen molar-refractivity contribution in [2.75, 3.05) is 26.2 Å². The van der Waals surface area contributed by atoms with E-state index in [1.165, 1.54) is 32.4 Å². The second-order valence-electron chi connectivity index (χ2n) is 5.98. The molecule has 0 aromatic heterocycles. The van der Waals surface area contributed by atoms with Crippen LogP contribution in [0.25, 0.3) is 0 Å². The van der Waals surface area contributed by atoms with Crippen LogP contribution in [0.2, 0.25) is 0 Å². The third kappa shape index (κ3) is 5.68. The molecule has 1 fully saturated rings. The van der Waals surface area contributed by atoms with Crippen molar-refractivity contribution < 1.29 is 9.84 Å². The number of piperidine rings is 1. The van der Waals surface area contributed by atoms with E-state index in [0.717, 1.165) is 43.7 Å². The van der Waals surface area contributed by atoms with Gasteiger partial charge in [-0.25, -0.2) is 0 Å². The second kappa shape index (κ2) is 9.06. The molecule has 0 saturated carbocycles. The minimum atomic E-state index is -0.344. The Hall–Kier alpha value is -1.06. The first-order valence-corrected chi connectivity index (χ1v) is 8.43. The molecule has 0 radical (unpaired) electrons. The van der Waals surface area contributed by atoms with Crippen molar-refractivity contribution in [1.82, 2.24) is 4.90 Å². The number of aliphatic hydroxyl groups is 1. The smallest absolute Gasteiger partial charge is 0.119 e. The monoisotopic (exact) mass is 291 g/mol. The van der Waals surface area contributed by atoms with Crippen LogP contribution >= 0.6 is 0 Å². The zero-order valence-electron chi connectivity index (χ0n) is 13.3. The van der Waals surface area contributed by atoms with Gasteiger partial charge in [-0.3, -0.25) is 0 Å². The summed E-state index contributed by atoms with van der Waals surface area (Å²) in [5.74, 6) is 0.904. The van der Waals surface area contributed by atoms with Crippen molar-refractivity contribution >= 4 is 0 Å². The lowest BCUT2D eigenvalue weighted by Crippen LogP contribution is -2.31. The maximum atomic E-state index is 9.92. The average molecular weight is 291 g/mol. The van der Waals surface area contributed by atoms with E-state index in [-0.39, 0.29) is 6.10 Å². The van der Waals surface area contributed by atoms with Gasteiger partial charge >= 0.3 is 0 Å². The highest BCUT2D eigenvalue weighted by molar-refractivity contribution is 5.28. The van der Waals surface area contributed by atoms with E-state index in [9.17, 15) is 5.11 Å². The van der Waals surface area contributed by atoms with Gasteiger partial charge in [0.15, 0.2) is 0 Å². The maximum Gasteiger partial charge on any atom is 0.119 e. The highest BCUT2D eigenvalue weighted by atomic mass is 16.5. The van der Waals surface area contributed by atoms with Crippen molar-refractivity contribution in [1.29, 1.82) is 0 Å². The number of hydrogen-bond donors (Lipinski definition) is 1. The molecular weight excluding hydrogens is 262 g/mol. The quantitative estimate of drug-likeness (QED) is 0.740. The van der Waals surface area contributed by atoms with Crippen molar-refractivity contribution in [2.45, 2.75) is 51.6 Å². The van der Waals surface area contributed by atoms with E-state index < -0.39 is 0 Å². The number of benzene rings is 1. The predicted molar refractivity (Wildman–Crippen MR) is 86.7 cm³/mol. The number of nitrogens with zero attached hydrogens (tertiary/aromatic N) is 1. The highest BCUT2D eigenvalue weighted by Crippen LogP contribution is 2.21. The van der Waals surface area contributed by atoms with Crippen LogP contribution in [-0.2, 0) is 0 Å². The highest BCUT2D eigenvalue weighted by Gasteiger charge is 2.09. The molecule has 1 heterocycles. The van der Waals surface area contributed by atoms with Gasteiger partial charge in [0.05, 0.1) is 12.7 Å². The molecule has 1 aliphatic heterocycles. The molecule has 1 aromatic carbocycles. The summed E-state index contributed by atoms with van der Waals surface area (Å²) in [6.45, 7) is 6.51. The summed E-state index contributed by atoms with van der Waals surface area (Å²) in [7, 11) is 0. The minimum absolute atomic E-state index is 0.344. The van der Waals surface area contributed by atoms with Crippen LogP contribution in [0.3, 0.4) is 0 Å². The first-order chi connectivity index (χ1) is 10.3. The molecule has 1 aliphatic rings. The maximum absolute atomic E-state index is 9.92. The van der Waals surface area contributed by atoms with Crippen molar-refractivity contribution in [2.24, 2.45) is 0 Å². The molecule has 0 spiro atoms. The Morgan fingerprint density at radius 2 is 1.86 bits per heavy atom. The number of hydrogen-bond acceptors (Lipinski definition) is 3. The zero-order valence-corrected chi connectivity index (χ0v) is 13.3. The van der Waals surface area contributed by atoms with Crippen LogP contribution in [0.15, 0.2) is 24.3 Å². The van der Waals surface area contributed by atoms with E-state index in [2.05, 4.69) is 11.8 Å². The van der Waals surface area contributed by atoms with Gasteiger partial charge < -0.3 is 14.7 Å². The molecule has 0 bridgehead atoms. The number of ether oxygens (including phenoxy) is 1. The molecule has 1 unspecified atom stereocenters. The third-order valence-electron chi connectivity index (χ3n) is 4.16. The molecule has 3 heteroatoms. The average Bonchev–Trinajstić information content (AvgIpc) is 2.53. The Morgan fingerprint density at radius 1 is 1.14 bits per heavy atom. The van der Waals surface area contributed by atoms with Gasteiger partial charge in [-0.2, -0.15) is 0 Å². The molecule has 0 amide bonds. The van der Waals surface area contributed by atoms with Gasteiger partial charge in [0.25, 0.3) is 0 Å². The summed E-state index contributed by atoms with van der Waals surface area (Å²) >= 11 is 0. The van der Waals surface area contributed by atoms with Crippen molar-refractivity contribution in [3.8, 4) is 5.75 Å². The van der Waals surface area contributed by atoms with E-state index in [1.807, 2.05) is 24.3 Å². The fourth-order valence-corrected chi connectivity index (χ4v) is 2.89. The first kappa shape index (κ1) is 16.3. The Labute approximate surface area is 128 Å². The lowest BCUT2D eigenvalue weighted by atomic mass is 10.1. The lowest BCUT2D eigenvalue weighted by molar-refractivity contribution is 0.166. The molecule has 118 valence electrons. The van der Waals surface area contributed by atoms with Crippen LogP contribution < -0.4 is 4.74 Å². The lowest BCUT2D eigenvalue weighted by Gasteiger charge is -2.26. The van der Waals surface area contributed by atoms with E-state index >= 15 is 0 Å². The largest absolute Gasteiger partial charge is 0.494 e. The van der Waals surface area contributed by atoms with Crippen LogP contribution in [-0.4, -0.2) is 36.2 Å². The Bertz CT molecular complexity index is 385. The number of rotatable bonds is 8. The summed E-state index contributed by atoms with van der Waals surface area (Å²) in [5, 5.41) is 9.92. The Kier molecular flexibility index (Phi) is 7.04. The summed E-state index contributed by atoms with van der Waals surface area (Å²) < 4.78 is 5.78. The number of aliphatic hydroxyl groups excluding tert-OH is 1. The molecule has 1 N–H and O–H groups in total. The van der Waals surface area contributed by atoms with Crippen LogP contribution in [0.5, 0.6) is 5.75 Å². The summed E-state index contributed by atoms with van der Waals surface area (Å²) in [5.41, 5.74) is 0.984. The van der Waals surface area contributed by atoms with E-state index in [0.29, 0.717) is 0 Å². The summed E-state index contributed by atoms with van der Waals surface area (Å²) in [4.78, 5) is 2.54. The van der Waals surface area contributed by atoms with Gasteiger partial charge in [0, 0.05) is 6.54 Å². The SMILES string of the molecule is CCCC(O)c1ccc(OCCCN2CCCCC2)cc1. The van der Waals surface area contributed by atoms with Crippen LogP contribution in [0.4, 0.5) is 0 Å². The van der Waals surface area contributed by atoms with Gasteiger partial charge in [-0.1, -0.05) is 31.9 Å². The standard InChI is InChI=1S/C18H29NO2/c1-2-7-18(20)16-8-10-17(11-9-16)21-15-6-14-19-12-4-3-5-13-19/h8-11,18,20H,2-7,12-15H2,1H3. The fraction of sp³-hybridized carbons (Fsp3) is 0.667. The topological polar surface area (TPSA) is 32.7 Å². The van der Waals surface area contributed by atoms with Crippen molar-refractivity contribution in [3.05, 3.63) is 29.8 Å². The molecule has 1 saturated heterocycles. The minimum Gasteiger partial charge on any atom is -0.494 e. The molecule has 2 rings (SSSR count). The Balaban J connectivity index is 1.66. The summed E-state index contributed by atoms with van der Waals surface area (Å²) in [6, 6.07) is 7.88. The van der Waals surface area contributed by atoms with Gasteiger partial charge in [0.2, 0.25) is 0 Å². The molecule has 3 nitrogen and oxygen atoms in total. The molecule has 0 aliphatic carbocycles.